The third-order valence-corrected chi connectivity index (χ3v) is 2.20. The summed E-state index contributed by atoms with van der Waals surface area (Å²) in [6.07, 6.45) is 6.05. The standard InChI is InChI=1S/C13H15NO/c1-4-5-6-13(15)11-7-9-12(10-8-11)14(2)3/h1,7-10H,5-6H2,2-3H3. The first-order chi connectivity index (χ1) is 7.15. The lowest BCUT2D eigenvalue weighted by Gasteiger charge is -2.12. The Hall–Kier alpha value is -1.75. The van der Waals surface area contributed by atoms with Crippen LogP contribution in [0.4, 0.5) is 5.69 Å². The van der Waals surface area contributed by atoms with Crippen LogP contribution in [-0.4, -0.2) is 19.9 Å². The van der Waals surface area contributed by atoms with Gasteiger partial charge in [-0.1, -0.05) is 0 Å². The van der Waals surface area contributed by atoms with E-state index in [0.717, 1.165) is 11.3 Å². The minimum Gasteiger partial charge on any atom is -0.378 e. The van der Waals surface area contributed by atoms with Crippen LogP contribution in [0.1, 0.15) is 23.2 Å². The van der Waals surface area contributed by atoms with Gasteiger partial charge in [0.25, 0.3) is 0 Å². The van der Waals surface area contributed by atoms with Gasteiger partial charge in [-0.25, -0.2) is 0 Å². The predicted molar refractivity (Wildman–Crippen MR) is 63.2 cm³/mol. The number of nitrogens with zero attached hydrogens (tertiary/aromatic N) is 1. The molecule has 1 aromatic carbocycles. The topological polar surface area (TPSA) is 20.3 Å². The molecule has 0 atom stereocenters. The minimum atomic E-state index is 0.109. The molecule has 15 heavy (non-hydrogen) atoms. The van der Waals surface area contributed by atoms with Gasteiger partial charge in [0.2, 0.25) is 0 Å². The third kappa shape index (κ3) is 3.14. The summed E-state index contributed by atoms with van der Waals surface area (Å²) in [4.78, 5) is 13.6. The van der Waals surface area contributed by atoms with E-state index >= 15 is 0 Å². The summed E-state index contributed by atoms with van der Waals surface area (Å²) in [6, 6.07) is 7.55. The summed E-state index contributed by atoms with van der Waals surface area (Å²) in [6.45, 7) is 0. The fourth-order valence-electron chi connectivity index (χ4n) is 1.28. The highest BCUT2D eigenvalue weighted by Crippen LogP contribution is 2.13. The molecule has 0 radical (unpaired) electrons. The molecule has 0 spiro atoms. The van der Waals surface area contributed by atoms with E-state index < -0.39 is 0 Å². The Morgan fingerprint density at radius 1 is 1.33 bits per heavy atom. The number of carbonyl (C=O) groups excluding carboxylic acids is 1. The first-order valence-electron chi connectivity index (χ1n) is 4.89. The molecule has 0 N–H and O–H groups in total. The van der Waals surface area contributed by atoms with Gasteiger partial charge in [0.1, 0.15) is 0 Å². The molecule has 0 amide bonds. The van der Waals surface area contributed by atoms with Gasteiger partial charge in [-0.15, -0.1) is 12.3 Å². The second-order valence-corrected chi connectivity index (χ2v) is 3.57. The average Bonchev–Trinajstić information content (AvgIpc) is 2.26. The monoisotopic (exact) mass is 201 g/mol. The van der Waals surface area contributed by atoms with Gasteiger partial charge < -0.3 is 4.90 Å². The fourth-order valence-corrected chi connectivity index (χ4v) is 1.28. The maximum Gasteiger partial charge on any atom is 0.163 e. The van der Waals surface area contributed by atoms with Gasteiger partial charge >= 0.3 is 0 Å². The van der Waals surface area contributed by atoms with Crippen LogP contribution in [0.15, 0.2) is 24.3 Å². The van der Waals surface area contributed by atoms with Crippen molar-refractivity contribution in [1.82, 2.24) is 0 Å². The molecule has 0 heterocycles. The smallest absolute Gasteiger partial charge is 0.163 e. The van der Waals surface area contributed by atoms with Crippen LogP contribution in [0.5, 0.6) is 0 Å². The summed E-state index contributed by atoms with van der Waals surface area (Å²) in [7, 11) is 3.93. The molecule has 0 saturated heterocycles. The maximum absolute atomic E-state index is 11.6. The highest BCUT2D eigenvalue weighted by atomic mass is 16.1. The largest absolute Gasteiger partial charge is 0.378 e. The Bertz CT molecular complexity index is 371. The van der Waals surface area contributed by atoms with Crippen LogP contribution >= 0.6 is 0 Å². The van der Waals surface area contributed by atoms with Gasteiger partial charge in [-0.2, -0.15) is 0 Å². The molecule has 2 nitrogen and oxygen atoms in total. The van der Waals surface area contributed by atoms with Crippen LogP contribution in [0.25, 0.3) is 0 Å². The van der Waals surface area contributed by atoms with E-state index in [1.807, 2.05) is 43.3 Å². The molecule has 1 rings (SSSR count). The Labute approximate surface area is 90.9 Å². The molecule has 2 heteroatoms. The van der Waals surface area contributed by atoms with E-state index in [-0.39, 0.29) is 5.78 Å². The van der Waals surface area contributed by atoms with Crippen LogP contribution in [0.3, 0.4) is 0 Å². The molecule has 0 aliphatic rings. The van der Waals surface area contributed by atoms with E-state index in [1.54, 1.807) is 0 Å². The number of Topliss-reactive ketones (excluding diaryl/α,β-unsaturated/α-hetero) is 1. The summed E-state index contributed by atoms with van der Waals surface area (Å²) >= 11 is 0. The number of hydrogen-bond donors (Lipinski definition) is 0. The number of benzene rings is 1. The molecule has 0 saturated carbocycles. The molecule has 0 unspecified atom stereocenters. The van der Waals surface area contributed by atoms with Crippen molar-refractivity contribution in [2.45, 2.75) is 12.8 Å². The quantitative estimate of drug-likeness (QED) is 0.550. The number of terminal acetylenes is 1. The van der Waals surface area contributed by atoms with Gasteiger partial charge in [0.15, 0.2) is 5.78 Å². The Morgan fingerprint density at radius 3 is 2.40 bits per heavy atom. The molecule has 1 aromatic rings. The van der Waals surface area contributed by atoms with Crippen molar-refractivity contribution < 1.29 is 4.79 Å². The summed E-state index contributed by atoms with van der Waals surface area (Å²) in [5, 5.41) is 0. The van der Waals surface area contributed by atoms with Crippen molar-refractivity contribution in [3.63, 3.8) is 0 Å². The van der Waals surface area contributed by atoms with E-state index in [9.17, 15) is 4.79 Å². The van der Waals surface area contributed by atoms with Crippen molar-refractivity contribution >= 4 is 11.5 Å². The highest BCUT2D eigenvalue weighted by Gasteiger charge is 2.04. The molecule has 78 valence electrons. The molecule has 0 bridgehead atoms. The second kappa shape index (κ2) is 5.21. The van der Waals surface area contributed by atoms with Crippen LogP contribution in [0, 0.1) is 12.3 Å². The lowest BCUT2D eigenvalue weighted by Crippen LogP contribution is -2.08. The van der Waals surface area contributed by atoms with Gasteiger partial charge in [0.05, 0.1) is 0 Å². The lowest BCUT2D eigenvalue weighted by molar-refractivity contribution is 0.0984. The van der Waals surface area contributed by atoms with E-state index in [0.29, 0.717) is 12.8 Å². The molecule has 0 aromatic heterocycles. The Morgan fingerprint density at radius 2 is 1.93 bits per heavy atom. The van der Waals surface area contributed by atoms with Gasteiger partial charge in [-0.05, 0) is 24.3 Å². The van der Waals surface area contributed by atoms with Crippen molar-refractivity contribution in [3.8, 4) is 12.3 Å². The zero-order chi connectivity index (χ0) is 11.3. The Kier molecular flexibility index (Phi) is 3.93. The van der Waals surface area contributed by atoms with E-state index in [2.05, 4.69) is 5.92 Å². The highest BCUT2D eigenvalue weighted by molar-refractivity contribution is 5.96. The third-order valence-electron chi connectivity index (χ3n) is 2.20. The van der Waals surface area contributed by atoms with Gasteiger partial charge in [-0.3, -0.25) is 4.79 Å². The van der Waals surface area contributed by atoms with E-state index in [4.69, 9.17) is 6.42 Å². The Balaban J connectivity index is 2.72. The first kappa shape index (κ1) is 11.3. The zero-order valence-corrected chi connectivity index (χ0v) is 9.16. The summed E-state index contributed by atoms with van der Waals surface area (Å²) < 4.78 is 0. The normalized spacial score (nSPS) is 9.40. The number of rotatable bonds is 4. The molecule has 0 aliphatic carbocycles. The summed E-state index contributed by atoms with van der Waals surface area (Å²) in [5.41, 5.74) is 1.82. The predicted octanol–water partition coefficient (Wildman–Crippen LogP) is 2.35. The summed E-state index contributed by atoms with van der Waals surface area (Å²) in [5.74, 6) is 2.58. The SMILES string of the molecule is C#CCCC(=O)c1ccc(N(C)C)cc1. The van der Waals surface area contributed by atoms with Crippen LogP contribution in [-0.2, 0) is 0 Å². The number of ketones is 1. The molecule has 0 fully saturated rings. The van der Waals surface area contributed by atoms with Crippen LogP contribution < -0.4 is 4.90 Å². The zero-order valence-electron chi connectivity index (χ0n) is 9.16. The number of carbonyl (C=O) groups is 1. The van der Waals surface area contributed by atoms with Crippen LogP contribution in [0.2, 0.25) is 0 Å². The fraction of sp³-hybridized carbons (Fsp3) is 0.308. The number of hydrogen-bond acceptors (Lipinski definition) is 2. The maximum atomic E-state index is 11.6. The molecular formula is C13H15NO. The van der Waals surface area contributed by atoms with Crippen molar-refractivity contribution in [2.75, 3.05) is 19.0 Å². The van der Waals surface area contributed by atoms with E-state index in [1.165, 1.54) is 0 Å². The van der Waals surface area contributed by atoms with Crippen molar-refractivity contribution in [1.29, 1.82) is 0 Å². The molecular weight excluding hydrogens is 186 g/mol. The molecule has 0 aliphatic heterocycles. The van der Waals surface area contributed by atoms with Gasteiger partial charge in [0, 0.05) is 38.2 Å². The second-order valence-electron chi connectivity index (χ2n) is 3.57. The lowest BCUT2D eigenvalue weighted by atomic mass is 10.1. The average molecular weight is 201 g/mol. The van der Waals surface area contributed by atoms with Crippen molar-refractivity contribution in [2.24, 2.45) is 0 Å². The first-order valence-corrected chi connectivity index (χ1v) is 4.89. The minimum absolute atomic E-state index is 0.109. The van der Waals surface area contributed by atoms with Crippen molar-refractivity contribution in [3.05, 3.63) is 29.8 Å². The number of anilines is 1.